The summed E-state index contributed by atoms with van der Waals surface area (Å²) in [5.74, 6) is 0.267. The highest BCUT2D eigenvalue weighted by atomic mass is 16.5. The van der Waals surface area contributed by atoms with Gasteiger partial charge >= 0.3 is 0 Å². The van der Waals surface area contributed by atoms with Crippen molar-refractivity contribution in [1.29, 1.82) is 0 Å². The normalized spacial score (nSPS) is 10.3. The van der Waals surface area contributed by atoms with Gasteiger partial charge in [-0.05, 0) is 12.1 Å². The van der Waals surface area contributed by atoms with Crippen LogP contribution in [0.5, 0.6) is 11.5 Å². The number of aromatic hydroxyl groups is 2. The van der Waals surface area contributed by atoms with E-state index in [1.165, 1.54) is 24.3 Å². The van der Waals surface area contributed by atoms with Gasteiger partial charge in [-0.25, -0.2) is 0 Å². The van der Waals surface area contributed by atoms with E-state index in [0.29, 0.717) is 0 Å². The number of nitrogen functional groups attached to an aromatic ring is 1. The molecule has 0 aliphatic rings. The van der Waals surface area contributed by atoms with Gasteiger partial charge in [0.05, 0.1) is 0 Å². The lowest BCUT2D eigenvalue weighted by Crippen LogP contribution is -1.80. The number of nitrogens with two attached hydrogens (primary N) is 1. The Balaban J connectivity index is 2.61. The molecule has 0 aliphatic carbocycles. The Morgan fingerprint density at radius 1 is 1.21 bits per heavy atom. The first-order valence-corrected chi connectivity index (χ1v) is 3.92. The summed E-state index contributed by atoms with van der Waals surface area (Å²) < 4.78 is 4.82. The van der Waals surface area contributed by atoms with Crippen LogP contribution < -0.4 is 5.73 Å². The van der Waals surface area contributed by atoms with Gasteiger partial charge in [-0.1, -0.05) is 11.2 Å². The summed E-state index contributed by atoms with van der Waals surface area (Å²) in [5.41, 5.74) is 5.54. The van der Waals surface area contributed by atoms with Crippen molar-refractivity contribution < 1.29 is 14.7 Å². The van der Waals surface area contributed by atoms with E-state index >= 15 is 0 Å². The molecule has 5 nitrogen and oxygen atoms in total. The highest BCUT2D eigenvalue weighted by molar-refractivity contribution is 5.73. The van der Waals surface area contributed by atoms with Crippen LogP contribution >= 0.6 is 0 Å². The molecule has 72 valence electrons. The molecule has 0 aliphatic heterocycles. The van der Waals surface area contributed by atoms with Crippen molar-refractivity contribution in [2.24, 2.45) is 0 Å². The van der Waals surface area contributed by atoms with Gasteiger partial charge < -0.3 is 20.5 Å². The molecule has 0 bridgehead atoms. The molecular weight excluding hydrogens is 184 g/mol. The number of rotatable bonds is 1. The van der Waals surface area contributed by atoms with Crippen molar-refractivity contribution in [2.45, 2.75) is 0 Å². The van der Waals surface area contributed by atoms with E-state index in [-0.39, 0.29) is 28.6 Å². The fraction of sp³-hybridized carbons (Fsp3) is 0. The van der Waals surface area contributed by atoms with Crippen molar-refractivity contribution in [3.05, 3.63) is 24.3 Å². The molecule has 1 heterocycles. The lowest BCUT2D eigenvalue weighted by atomic mass is 10.1. The summed E-state index contributed by atoms with van der Waals surface area (Å²) in [4.78, 5) is 0. The van der Waals surface area contributed by atoms with E-state index in [9.17, 15) is 10.2 Å². The largest absolute Gasteiger partial charge is 0.507 e. The third-order valence-electron chi connectivity index (χ3n) is 1.80. The van der Waals surface area contributed by atoms with Gasteiger partial charge in [0, 0.05) is 6.07 Å². The lowest BCUT2D eigenvalue weighted by Gasteiger charge is -2.01. The smallest absolute Gasteiger partial charge is 0.176 e. The summed E-state index contributed by atoms with van der Waals surface area (Å²) in [6.07, 6.45) is 0. The Morgan fingerprint density at radius 3 is 2.36 bits per heavy atom. The molecule has 0 saturated heterocycles. The Bertz CT molecular complexity index is 445. The van der Waals surface area contributed by atoms with E-state index in [0.717, 1.165) is 0 Å². The fourth-order valence-electron chi connectivity index (χ4n) is 1.19. The fourth-order valence-corrected chi connectivity index (χ4v) is 1.19. The van der Waals surface area contributed by atoms with Gasteiger partial charge in [0.15, 0.2) is 11.6 Å². The molecule has 0 saturated carbocycles. The molecule has 5 heteroatoms. The number of phenols is 2. The first-order chi connectivity index (χ1) is 6.68. The molecule has 14 heavy (non-hydrogen) atoms. The minimum absolute atomic E-state index is 0.0823. The molecule has 0 atom stereocenters. The number of hydrogen-bond acceptors (Lipinski definition) is 5. The van der Waals surface area contributed by atoms with Gasteiger partial charge in [0.25, 0.3) is 0 Å². The number of benzene rings is 1. The average molecular weight is 192 g/mol. The molecule has 1 aromatic heterocycles. The van der Waals surface area contributed by atoms with E-state index in [1.54, 1.807) is 0 Å². The van der Waals surface area contributed by atoms with Gasteiger partial charge in [-0.15, -0.1) is 0 Å². The van der Waals surface area contributed by atoms with E-state index in [2.05, 4.69) is 5.16 Å². The predicted molar refractivity (Wildman–Crippen MR) is 49.7 cm³/mol. The Labute approximate surface area is 79.4 Å². The Hall–Kier alpha value is -2.17. The van der Waals surface area contributed by atoms with Crippen LogP contribution in [0, 0.1) is 0 Å². The minimum atomic E-state index is -0.0823. The van der Waals surface area contributed by atoms with Crippen LogP contribution in [0.15, 0.2) is 28.8 Å². The topological polar surface area (TPSA) is 92.5 Å². The molecule has 2 aromatic rings. The zero-order valence-electron chi connectivity index (χ0n) is 7.14. The standard InChI is InChI=1S/C9H8N2O3/c10-8-4-7(14-11-8)9-5(12)2-1-3-6(9)13/h1-4,12-13H,(H2,10,11). The van der Waals surface area contributed by atoms with Crippen molar-refractivity contribution in [3.8, 4) is 22.8 Å². The highest BCUT2D eigenvalue weighted by Gasteiger charge is 2.13. The average Bonchev–Trinajstić information content (AvgIpc) is 2.51. The van der Waals surface area contributed by atoms with Gasteiger partial charge in [0.1, 0.15) is 17.1 Å². The maximum Gasteiger partial charge on any atom is 0.176 e. The molecular formula is C9H8N2O3. The van der Waals surface area contributed by atoms with Gasteiger partial charge in [-0.2, -0.15) is 0 Å². The zero-order chi connectivity index (χ0) is 10.1. The maximum atomic E-state index is 9.47. The first-order valence-electron chi connectivity index (χ1n) is 3.92. The second kappa shape index (κ2) is 2.95. The van der Waals surface area contributed by atoms with Crippen LogP contribution in [0.25, 0.3) is 11.3 Å². The number of hydrogen-bond donors (Lipinski definition) is 3. The van der Waals surface area contributed by atoms with Crippen molar-refractivity contribution in [3.63, 3.8) is 0 Å². The van der Waals surface area contributed by atoms with Crippen molar-refractivity contribution in [1.82, 2.24) is 5.16 Å². The van der Waals surface area contributed by atoms with Gasteiger partial charge in [0.2, 0.25) is 0 Å². The number of phenolic OH excluding ortho intramolecular Hbond substituents is 2. The van der Waals surface area contributed by atoms with Crippen LogP contribution in [0.3, 0.4) is 0 Å². The molecule has 1 aromatic carbocycles. The van der Waals surface area contributed by atoms with E-state index in [4.69, 9.17) is 10.3 Å². The monoisotopic (exact) mass is 192 g/mol. The predicted octanol–water partition coefficient (Wildman–Crippen LogP) is 1.33. The third kappa shape index (κ3) is 1.24. The zero-order valence-corrected chi connectivity index (χ0v) is 7.14. The van der Waals surface area contributed by atoms with E-state index < -0.39 is 0 Å². The van der Waals surface area contributed by atoms with Crippen LogP contribution in [-0.2, 0) is 0 Å². The summed E-state index contributed by atoms with van der Waals surface area (Å²) in [5, 5.41) is 22.4. The highest BCUT2D eigenvalue weighted by Crippen LogP contribution is 2.37. The molecule has 4 N–H and O–H groups in total. The molecule has 0 spiro atoms. The quantitative estimate of drug-likeness (QED) is 0.633. The maximum absolute atomic E-state index is 9.47. The van der Waals surface area contributed by atoms with Crippen LogP contribution in [0.1, 0.15) is 0 Å². The van der Waals surface area contributed by atoms with E-state index in [1.807, 2.05) is 0 Å². The lowest BCUT2D eigenvalue weighted by molar-refractivity contribution is 0.419. The second-order valence-corrected chi connectivity index (χ2v) is 2.79. The first kappa shape index (κ1) is 8.43. The number of nitrogens with zero attached hydrogens (tertiary/aromatic N) is 1. The summed E-state index contributed by atoms with van der Waals surface area (Å²) in [6, 6.07) is 5.82. The van der Waals surface area contributed by atoms with Crippen molar-refractivity contribution >= 4 is 5.82 Å². The van der Waals surface area contributed by atoms with Gasteiger partial charge in [-0.3, -0.25) is 0 Å². The number of aromatic nitrogens is 1. The molecule has 0 fully saturated rings. The SMILES string of the molecule is Nc1cc(-c2c(O)cccc2O)on1. The molecule has 2 rings (SSSR count). The Morgan fingerprint density at radius 2 is 1.86 bits per heavy atom. The third-order valence-corrected chi connectivity index (χ3v) is 1.80. The van der Waals surface area contributed by atoms with Crippen molar-refractivity contribution in [2.75, 3.05) is 5.73 Å². The summed E-state index contributed by atoms with van der Waals surface area (Å²) in [6.45, 7) is 0. The molecule has 0 amide bonds. The molecule has 0 unspecified atom stereocenters. The number of anilines is 1. The van der Waals surface area contributed by atoms with Crippen LogP contribution in [0.2, 0.25) is 0 Å². The van der Waals surface area contributed by atoms with Crippen LogP contribution in [0.4, 0.5) is 5.82 Å². The summed E-state index contributed by atoms with van der Waals surface area (Å²) >= 11 is 0. The Kier molecular flexibility index (Phi) is 1.78. The molecule has 0 radical (unpaired) electrons. The second-order valence-electron chi connectivity index (χ2n) is 2.79. The minimum Gasteiger partial charge on any atom is -0.507 e. The van der Waals surface area contributed by atoms with Crippen LogP contribution in [-0.4, -0.2) is 15.4 Å². The summed E-state index contributed by atoms with van der Waals surface area (Å²) in [7, 11) is 0.